The Bertz CT molecular complexity index is 623. The van der Waals surface area contributed by atoms with Crippen LogP contribution in [0.4, 0.5) is 8.78 Å². The van der Waals surface area contributed by atoms with Gasteiger partial charge in [-0.25, -0.2) is 8.78 Å². The second-order valence-electron chi connectivity index (χ2n) is 3.92. The van der Waals surface area contributed by atoms with Crippen LogP contribution in [-0.4, -0.2) is 5.78 Å². The lowest BCUT2D eigenvalue weighted by atomic mass is 10.0. The summed E-state index contributed by atoms with van der Waals surface area (Å²) in [5.74, 6) is -0.964. The summed E-state index contributed by atoms with van der Waals surface area (Å²) in [5, 5.41) is 0. The van der Waals surface area contributed by atoms with Crippen LogP contribution < -0.4 is 0 Å². The Morgan fingerprint density at radius 3 is 2.44 bits per heavy atom. The highest BCUT2D eigenvalue weighted by atomic mass is 127. The molecule has 0 N–H and O–H groups in total. The third kappa shape index (κ3) is 2.58. The zero-order valence-electron chi connectivity index (χ0n) is 9.51. The lowest BCUT2D eigenvalue weighted by molar-refractivity contribution is 0.103. The van der Waals surface area contributed by atoms with Crippen molar-refractivity contribution in [3.63, 3.8) is 0 Å². The first-order chi connectivity index (χ1) is 8.49. The van der Waals surface area contributed by atoms with Gasteiger partial charge in [0.15, 0.2) is 5.78 Å². The number of hydrogen-bond acceptors (Lipinski definition) is 1. The molecular weight excluding hydrogens is 349 g/mol. The molecule has 0 radical (unpaired) electrons. The van der Waals surface area contributed by atoms with Crippen LogP contribution in [0.5, 0.6) is 0 Å². The third-order valence-electron chi connectivity index (χ3n) is 2.60. The molecular formula is C14H9F2IO. The van der Waals surface area contributed by atoms with Crippen molar-refractivity contribution in [3.05, 3.63) is 68.3 Å². The maximum atomic E-state index is 13.1. The molecule has 0 spiro atoms. The number of hydrogen-bond donors (Lipinski definition) is 0. The molecule has 0 heterocycles. The highest BCUT2D eigenvalue weighted by Gasteiger charge is 2.14. The molecule has 0 aliphatic carbocycles. The van der Waals surface area contributed by atoms with E-state index in [0.717, 1.165) is 0 Å². The second kappa shape index (κ2) is 5.14. The molecule has 4 heteroatoms. The molecule has 18 heavy (non-hydrogen) atoms. The Morgan fingerprint density at radius 1 is 1.11 bits per heavy atom. The largest absolute Gasteiger partial charge is 0.289 e. The van der Waals surface area contributed by atoms with Gasteiger partial charge in [-0.3, -0.25) is 4.79 Å². The first-order valence-electron chi connectivity index (χ1n) is 5.25. The van der Waals surface area contributed by atoms with Crippen molar-refractivity contribution < 1.29 is 13.6 Å². The summed E-state index contributed by atoms with van der Waals surface area (Å²) in [6.45, 7) is 1.60. The van der Waals surface area contributed by atoms with E-state index < -0.39 is 0 Å². The van der Waals surface area contributed by atoms with Crippen molar-refractivity contribution in [2.45, 2.75) is 6.92 Å². The zero-order valence-corrected chi connectivity index (χ0v) is 11.7. The summed E-state index contributed by atoms with van der Waals surface area (Å²) in [4.78, 5) is 12.2. The molecule has 0 aliphatic rings. The normalized spacial score (nSPS) is 10.4. The fourth-order valence-electron chi connectivity index (χ4n) is 1.62. The summed E-state index contributed by atoms with van der Waals surface area (Å²) < 4.78 is 26.6. The average molecular weight is 358 g/mol. The van der Waals surface area contributed by atoms with Crippen molar-refractivity contribution in [2.24, 2.45) is 0 Å². The molecule has 1 nitrogen and oxygen atoms in total. The van der Waals surface area contributed by atoms with Crippen LogP contribution in [0.2, 0.25) is 0 Å². The van der Waals surface area contributed by atoms with Crippen LogP contribution >= 0.6 is 22.6 Å². The van der Waals surface area contributed by atoms with Crippen LogP contribution in [0.15, 0.2) is 36.4 Å². The molecule has 0 amide bonds. The third-order valence-corrected chi connectivity index (χ3v) is 3.49. The number of benzene rings is 2. The summed E-state index contributed by atoms with van der Waals surface area (Å²) in [7, 11) is 0. The molecule has 0 aromatic heterocycles. The van der Waals surface area contributed by atoms with E-state index in [1.165, 1.54) is 36.4 Å². The molecule has 2 rings (SSSR count). The molecule has 0 fully saturated rings. The topological polar surface area (TPSA) is 17.1 Å². The SMILES string of the molecule is Cc1cc(C(=O)c2ccc(F)cc2I)ccc1F. The quantitative estimate of drug-likeness (QED) is 0.583. The van der Waals surface area contributed by atoms with Crippen LogP contribution in [0.3, 0.4) is 0 Å². The number of carbonyl (C=O) groups excluding carboxylic acids is 1. The van der Waals surface area contributed by atoms with Crippen LogP contribution in [0, 0.1) is 22.1 Å². The first kappa shape index (κ1) is 13.1. The minimum atomic E-state index is -0.383. The summed E-state index contributed by atoms with van der Waals surface area (Å²) in [6.07, 6.45) is 0. The zero-order chi connectivity index (χ0) is 13.3. The molecule has 0 unspecified atom stereocenters. The van der Waals surface area contributed by atoms with Gasteiger partial charge in [0.25, 0.3) is 0 Å². The maximum Gasteiger partial charge on any atom is 0.194 e. The van der Waals surface area contributed by atoms with Crippen LogP contribution in [-0.2, 0) is 0 Å². The van der Waals surface area contributed by atoms with E-state index in [0.29, 0.717) is 20.3 Å². The smallest absolute Gasteiger partial charge is 0.194 e. The van der Waals surface area contributed by atoms with E-state index in [1.54, 1.807) is 6.92 Å². The Morgan fingerprint density at radius 2 is 1.83 bits per heavy atom. The number of ketones is 1. The van der Waals surface area contributed by atoms with Crippen molar-refractivity contribution in [3.8, 4) is 0 Å². The van der Waals surface area contributed by atoms with Crippen molar-refractivity contribution >= 4 is 28.4 Å². The van der Waals surface area contributed by atoms with Gasteiger partial charge in [0, 0.05) is 14.7 Å². The molecule has 92 valence electrons. The van der Waals surface area contributed by atoms with Gasteiger partial charge in [-0.05, 0) is 71.5 Å². The molecule has 0 aliphatic heterocycles. The van der Waals surface area contributed by atoms with Crippen molar-refractivity contribution in [2.75, 3.05) is 0 Å². The van der Waals surface area contributed by atoms with Gasteiger partial charge >= 0.3 is 0 Å². The van der Waals surface area contributed by atoms with E-state index in [9.17, 15) is 13.6 Å². The van der Waals surface area contributed by atoms with E-state index in [-0.39, 0.29) is 17.4 Å². The molecule has 0 bridgehead atoms. The molecule has 2 aromatic carbocycles. The molecule has 0 saturated heterocycles. The summed E-state index contributed by atoms with van der Waals surface area (Å²) >= 11 is 1.91. The average Bonchev–Trinajstić information content (AvgIpc) is 2.32. The number of aryl methyl sites for hydroxylation is 1. The maximum absolute atomic E-state index is 13.1. The van der Waals surface area contributed by atoms with Gasteiger partial charge in [0.2, 0.25) is 0 Å². The predicted molar refractivity (Wildman–Crippen MR) is 73.7 cm³/mol. The van der Waals surface area contributed by atoms with Crippen molar-refractivity contribution in [1.29, 1.82) is 0 Å². The molecule has 2 aromatic rings. The highest BCUT2D eigenvalue weighted by molar-refractivity contribution is 14.1. The van der Waals surface area contributed by atoms with E-state index in [4.69, 9.17) is 0 Å². The minimum Gasteiger partial charge on any atom is -0.289 e. The molecule has 0 atom stereocenters. The fraction of sp³-hybridized carbons (Fsp3) is 0.0714. The standard InChI is InChI=1S/C14H9F2IO/c1-8-6-9(2-5-12(8)16)14(18)11-4-3-10(15)7-13(11)17/h2-7H,1H3. The van der Waals surface area contributed by atoms with Crippen LogP contribution in [0.1, 0.15) is 21.5 Å². The lowest BCUT2D eigenvalue weighted by Gasteiger charge is -2.05. The predicted octanol–water partition coefficient (Wildman–Crippen LogP) is 4.11. The van der Waals surface area contributed by atoms with Gasteiger partial charge in [-0.1, -0.05) is 0 Å². The van der Waals surface area contributed by atoms with Crippen LogP contribution in [0.25, 0.3) is 0 Å². The fourth-order valence-corrected chi connectivity index (χ4v) is 2.34. The number of halogens is 3. The number of rotatable bonds is 2. The second-order valence-corrected chi connectivity index (χ2v) is 5.08. The van der Waals surface area contributed by atoms with Gasteiger partial charge in [-0.15, -0.1) is 0 Å². The van der Waals surface area contributed by atoms with E-state index in [2.05, 4.69) is 0 Å². The van der Waals surface area contributed by atoms with Gasteiger partial charge in [0.1, 0.15) is 11.6 Å². The van der Waals surface area contributed by atoms with Gasteiger partial charge < -0.3 is 0 Å². The Balaban J connectivity index is 2.44. The first-order valence-corrected chi connectivity index (χ1v) is 6.33. The van der Waals surface area contributed by atoms with Gasteiger partial charge in [0.05, 0.1) is 0 Å². The van der Waals surface area contributed by atoms with Gasteiger partial charge in [-0.2, -0.15) is 0 Å². The molecule has 0 saturated carbocycles. The van der Waals surface area contributed by atoms with E-state index in [1.807, 2.05) is 22.6 Å². The summed E-state index contributed by atoms with van der Waals surface area (Å²) in [5.41, 5.74) is 1.24. The van der Waals surface area contributed by atoms with E-state index >= 15 is 0 Å². The van der Waals surface area contributed by atoms with Crippen molar-refractivity contribution in [1.82, 2.24) is 0 Å². The monoisotopic (exact) mass is 358 g/mol. The number of carbonyl (C=O) groups is 1. The Hall–Kier alpha value is -1.30. The Labute approximate surface area is 117 Å². The highest BCUT2D eigenvalue weighted by Crippen LogP contribution is 2.19. The Kier molecular flexibility index (Phi) is 3.75. The lowest BCUT2D eigenvalue weighted by Crippen LogP contribution is -2.05. The summed E-state index contributed by atoms with van der Waals surface area (Å²) in [6, 6.07) is 8.17. The minimum absolute atomic E-state index is 0.234.